The quantitative estimate of drug-likeness (QED) is 0.828. The van der Waals surface area contributed by atoms with Crippen molar-refractivity contribution in [3.8, 4) is 0 Å². The van der Waals surface area contributed by atoms with Crippen molar-refractivity contribution in [2.24, 2.45) is 0 Å². The third kappa shape index (κ3) is 13.3. The average Bonchev–Trinajstić information content (AvgIpc) is 3.02. The van der Waals surface area contributed by atoms with Gasteiger partial charge in [-0.1, -0.05) is 0 Å². The molecule has 0 aliphatic carbocycles. The van der Waals surface area contributed by atoms with Crippen LogP contribution in [0.5, 0.6) is 0 Å². The number of rotatable bonds is 3. The van der Waals surface area contributed by atoms with Crippen LogP contribution in [0.25, 0.3) is 0 Å². The molecule has 2 saturated heterocycles. The Kier molecular flexibility index (Phi) is 11.0. The van der Waals surface area contributed by atoms with Crippen molar-refractivity contribution in [3.63, 3.8) is 0 Å². The van der Waals surface area contributed by atoms with E-state index < -0.39 is 11.9 Å². The number of carbonyl (C=O) groups is 2. The Bertz CT molecular complexity index is 239. The van der Waals surface area contributed by atoms with E-state index in [1.54, 1.807) is 0 Å². The Morgan fingerprint density at radius 1 is 0.900 bits per heavy atom. The maximum absolute atomic E-state index is 9.64. The Labute approximate surface area is 120 Å². The summed E-state index contributed by atoms with van der Waals surface area (Å²) in [5, 5.41) is 15.8. The van der Waals surface area contributed by atoms with Crippen molar-refractivity contribution in [3.05, 3.63) is 0 Å². The van der Waals surface area contributed by atoms with E-state index in [4.69, 9.17) is 19.7 Å². The van der Waals surface area contributed by atoms with Crippen molar-refractivity contribution in [1.29, 1.82) is 0 Å². The van der Waals surface area contributed by atoms with E-state index in [2.05, 4.69) is 13.8 Å². The van der Waals surface area contributed by atoms with Crippen LogP contribution >= 0.6 is 0 Å². The van der Waals surface area contributed by atoms with Crippen molar-refractivity contribution in [2.75, 3.05) is 13.2 Å². The summed E-state index contributed by atoms with van der Waals surface area (Å²) in [7, 11) is 0. The number of carboxylic acids is 2. The van der Waals surface area contributed by atoms with E-state index in [-0.39, 0.29) is 12.8 Å². The Balaban J connectivity index is 0.000000274. The molecule has 2 aliphatic heterocycles. The molecule has 0 aromatic heterocycles. The Hall–Kier alpha value is -1.14. The zero-order valence-corrected chi connectivity index (χ0v) is 12.3. The predicted octanol–water partition coefficient (Wildman–Crippen LogP) is 2.31. The second-order valence-corrected chi connectivity index (χ2v) is 4.93. The lowest BCUT2D eigenvalue weighted by atomic mass is 10.3. The SMILES string of the molecule is CC1CCCO1.CC1CCCO1.O=C(O)CCC(=O)O. The van der Waals surface area contributed by atoms with E-state index in [1.165, 1.54) is 25.7 Å². The highest BCUT2D eigenvalue weighted by atomic mass is 16.5. The van der Waals surface area contributed by atoms with Crippen molar-refractivity contribution in [2.45, 2.75) is 64.6 Å². The summed E-state index contributed by atoms with van der Waals surface area (Å²) in [6, 6.07) is 0. The molecule has 0 bridgehead atoms. The summed E-state index contributed by atoms with van der Waals surface area (Å²) in [4.78, 5) is 19.3. The molecule has 0 amide bonds. The van der Waals surface area contributed by atoms with Gasteiger partial charge in [0.05, 0.1) is 25.0 Å². The first-order valence-corrected chi connectivity index (χ1v) is 7.08. The van der Waals surface area contributed by atoms with Gasteiger partial charge in [-0.05, 0) is 39.5 Å². The Morgan fingerprint density at radius 3 is 1.35 bits per heavy atom. The van der Waals surface area contributed by atoms with Crippen molar-refractivity contribution in [1.82, 2.24) is 0 Å². The van der Waals surface area contributed by atoms with Crippen LogP contribution in [0.3, 0.4) is 0 Å². The molecule has 0 aromatic carbocycles. The first-order chi connectivity index (χ1) is 9.41. The van der Waals surface area contributed by atoms with Crippen LogP contribution in [-0.4, -0.2) is 47.6 Å². The maximum atomic E-state index is 9.64. The van der Waals surface area contributed by atoms with Gasteiger partial charge in [0.2, 0.25) is 0 Å². The standard InChI is InChI=1S/2C5H10O.C4H6O4/c2*1-5-3-2-4-6-5;5-3(6)1-2-4(7)8/h2*5H,2-4H2,1H3;1-2H2,(H,5,6)(H,7,8). The minimum atomic E-state index is -1.08. The minimum absolute atomic E-state index is 0.296. The second-order valence-electron chi connectivity index (χ2n) is 4.93. The van der Waals surface area contributed by atoms with Crippen molar-refractivity contribution < 1.29 is 29.3 Å². The molecule has 20 heavy (non-hydrogen) atoms. The summed E-state index contributed by atoms with van der Waals surface area (Å²) in [5.74, 6) is -2.15. The molecule has 0 aromatic rings. The normalized spacial score (nSPS) is 24.1. The zero-order valence-electron chi connectivity index (χ0n) is 12.3. The van der Waals surface area contributed by atoms with Crippen LogP contribution < -0.4 is 0 Å². The molecule has 0 spiro atoms. The molecule has 2 unspecified atom stereocenters. The first-order valence-electron chi connectivity index (χ1n) is 7.08. The third-order valence-corrected chi connectivity index (χ3v) is 2.87. The molecule has 2 rings (SSSR count). The van der Waals surface area contributed by atoms with E-state index >= 15 is 0 Å². The maximum Gasteiger partial charge on any atom is 0.303 e. The van der Waals surface area contributed by atoms with Gasteiger partial charge in [-0.3, -0.25) is 9.59 Å². The van der Waals surface area contributed by atoms with Crippen LogP contribution in [0.2, 0.25) is 0 Å². The van der Waals surface area contributed by atoms with E-state index in [1.807, 2.05) is 0 Å². The van der Waals surface area contributed by atoms with Gasteiger partial charge in [0, 0.05) is 13.2 Å². The molecular formula is C14H26O6. The average molecular weight is 290 g/mol. The van der Waals surface area contributed by atoms with Crippen LogP contribution in [0, 0.1) is 0 Å². The summed E-state index contributed by atoms with van der Waals surface area (Å²) < 4.78 is 10.3. The third-order valence-electron chi connectivity index (χ3n) is 2.87. The van der Waals surface area contributed by atoms with Crippen LogP contribution in [0.1, 0.15) is 52.4 Å². The molecule has 2 aliphatic rings. The highest BCUT2D eigenvalue weighted by Crippen LogP contribution is 2.09. The number of hydrogen-bond acceptors (Lipinski definition) is 4. The lowest BCUT2D eigenvalue weighted by Crippen LogP contribution is -2.00. The lowest BCUT2D eigenvalue weighted by Gasteiger charge is -1.94. The van der Waals surface area contributed by atoms with E-state index in [0.29, 0.717) is 12.2 Å². The number of aliphatic carboxylic acids is 2. The van der Waals surface area contributed by atoms with Gasteiger partial charge in [0.15, 0.2) is 0 Å². The molecule has 2 fully saturated rings. The Morgan fingerprint density at radius 2 is 1.25 bits per heavy atom. The molecule has 2 heterocycles. The molecule has 6 nitrogen and oxygen atoms in total. The first kappa shape index (κ1) is 18.9. The smallest absolute Gasteiger partial charge is 0.303 e. The molecule has 6 heteroatoms. The van der Waals surface area contributed by atoms with Crippen LogP contribution in [0.4, 0.5) is 0 Å². The van der Waals surface area contributed by atoms with Gasteiger partial charge in [-0.2, -0.15) is 0 Å². The summed E-state index contributed by atoms with van der Waals surface area (Å²) >= 11 is 0. The largest absolute Gasteiger partial charge is 0.481 e. The number of ether oxygens (including phenoxy) is 2. The van der Waals surface area contributed by atoms with Crippen LogP contribution in [0.15, 0.2) is 0 Å². The fourth-order valence-electron chi connectivity index (χ4n) is 1.69. The second kappa shape index (κ2) is 11.7. The minimum Gasteiger partial charge on any atom is -0.481 e. The molecular weight excluding hydrogens is 264 g/mol. The van der Waals surface area contributed by atoms with E-state index in [0.717, 1.165) is 13.2 Å². The zero-order chi connectivity index (χ0) is 15.4. The topological polar surface area (TPSA) is 93.1 Å². The fourth-order valence-corrected chi connectivity index (χ4v) is 1.69. The number of hydrogen-bond donors (Lipinski definition) is 2. The summed E-state index contributed by atoms with van der Waals surface area (Å²) in [6.45, 7) is 6.21. The van der Waals surface area contributed by atoms with Crippen LogP contribution in [-0.2, 0) is 19.1 Å². The van der Waals surface area contributed by atoms with E-state index in [9.17, 15) is 9.59 Å². The van der Waals surface area contributed by atoms with Gasteiger partial charge >= 0.3 is 11.9 Å². The highest BCUT2D eigenvalue weighted by Gasteiger charge is 2.07. The van der Waals surface area contributed by atoms with Crippen molar-refractivity contribution >= 4 is 11.9 Å². The molecule has 0 radical (unpaired) electrons. The number of carboxylic acid groups (broad SMARTS) is 2. The summed E-state index contributed by atoms with van der Waals surface area (Å²) in [6.07, 6.45) is 5.56. The van der Waals surface area contributed by atoms with Gasteiger partial charge in [-0.25, -0.2) is 0 Å². The lowest BCUT2D eigenvalue weighted by molar-refractivity contribution is -0.143. The van der Waals surface area contributed by atoms with Gasteiger partial charge < -0.3 is 19.7 Å². The van der Waals surface area contributed by atoms with Gasteiger partial charge in [-0.15, -0.1) is 0 Å². The summed E-state index contributed by atoms with van der Waals surface area (Å²) in [5.41, 5.74) is 0. The molecule has 2 N–H and O–H groups in total. The van der Waals surface area contributed by atoms with Gasteiger partial charge in [0.25, 0.3) is 0 Å². The monoisotopic (exact) mass is 290 g/mol. The van der Waals surface area contributed by atoms with Gasteiger partial charge in [0.1, 0.15) is 0 Å². The molecule has 0 saturated carbocycles. The molecule has 118 valence electrons. The highest BCUT2D eigenvalue weighted by molar-refractivity contribution is 5.75. The molecule has 2 atom stereocenters. The predicted molar refractivity (Wildman–Crippen MR) is 73.8 cm³/mol. The fraction of sp³-hybridized carbons (Fsp3) is 0.857.